The number of para-hydroxylation sites is 1. The van der Waals surface area contributed by atoms with Gasteiger partial charge in [-0.05, 0) is 24.3 Å². The first-order chi connectivity index (χ1) is 11.4. The van der Waals surface area contributed by atoms with Gasteiger partial charge in [0.15, 0.2) is 11.5 Å². The number of alkyl halides is 3. The van der Waals surface area contributed by atoms with Gasteiger partial charge < -0.3 is 5.32 Å². The molecule has 2 aromatic heterocycles. The van der Waals surface area contributed by atoms with Gasteiger partial charge >= 0.3 is 6.18 Å². The Labute approximate surface area is 133 Å². The Morgan fingerprint density at radius 2 is 1.83 bits per heavy atom. The Bertz CT molecular complexity index is 844. The maximum absolute atomic E-state index is 12.5. The Kier molecular flexibility index (Phi) is 3.98. The van der Waals surface area contributed by atoms with Crippen molar-refractivity contribution in [2.45, 2.75) is 6.18 Å². The Morgan fingerprint density at radius 3 is 2.46 bits per heavy atom. The largest absolute Gasteiger partial charge is 0.417 e. The molecule has 0 radical (unpaired) electrons. The quantitative estimate of drug-likeness (QED) is 0.800. The van der Waals surface area contributed by atoms with E-state index >= 15 is 0 Å². The van der Waals surface area contributed by atoms with Crippen LogP contribution in [0.25, 0.3) is 5.82 Å². The van der Waals surface area contributed by atoms with E-state index in [4.69, 9.17) is 0 Å². The summed E-state index contributed by atoms with van der Waals surface area (Å²) < 4.78 is 38.7. The molecule has 1 N–H and O–H groups in total. The zero-order valence-electron chi connectivity index (χ0n) is 12.0. The summed E-state index contributed by atoms with van der Waals surface area (Å²) >= 11 is 0. The van der Waals surface area contributed by atoms with Crippen molar-refractivity contribution in [2.24, 2.45) is 0 Å². The third-order valence-corrected chi connectivity index (χ3v) is 3.07. The van der Waals surface area contributed by atoms with E-state index < -0.39 is 17.6 Å². The molecule has 1 aromatic carbocycles. The third kappa shape index (κ3) is 3.40. The summed E-state index contributed by atoms with van der Waals surface area (Å²) in [5.41, 5.74) is -0.265. The maximum atomic E-state index is 12.5. The molecule has 0 unspecified atom stereocenters. The molecule has 3 rings (SSSR count). The van der Waals surface area contributed by atoms with E-state index in [1.165, 1.54) is 6.20 Å². The number of aromatic nitrogens is 4. The number of benzene rings is 1. The molecule has 0 aliphatic heterocycles. The van der Waals surface area contributed by atoms with E-state index in [1.54, 1.807) is 24.3 Å². The van der Waals surface area contributed by atoms with Gasteiger partial charge in [0.1, 0.15) is 0 Å². The highest BCUT2D eigenvalue weighted by molar-refractivity contribution is 6.02. The van der Waals surface area contributed by atoms with Gasteiger partial charge in [-0.15, -0.1) is 5.10 Å². The molecule has 0 saturated carbocycles. The molecule has 0 aliphatic carbocycles. The van der Waals surface area contributed by atoms with Gasteiger partial charge in [-0.3, -0.25) is 4.79 Å². The molecule has 3 aromatic rings. The lowest BCUT2D eigenvalue weighted by Crippen LogP contribution is -2.12. The van der Waals surface area contributed by atoms with Gasteiger partial charge in [0.2, 0.25) is 0 Å². The van der Waals surface area contributed by atoms with Crippen molar-refractivity contribution in [1.29, 1.82) is 0 Å². The average molecular weight is 333 g/mol. The normalized spacial score (nSPS) is 11.3. The summed E-state index contributed by atoms with van der Waals surface area (Å²) in [6, 6.07) is 10.8. The third-order valence-electron chi connectivity index (χ3n) is 3.07. The highest BCUT2D eigenvalue weighted by Gasteiger charge is 2.30. The highest BCUT2D eigenvalue weighted by Crippen LogP contribution is 2.28. The Morgan fingerprint density at radius 1 is 1.08 bits per heavy atom. The molecule has 0 aliphatic rings. The SMILES string of the molecule is O=C(Nc1ccccc1)c1cn(-c2ccc(C(F)(F)F)cn2)nn1. The molecule has 2 heterocycles. The second-order valence-electron chi connectivity index (χ2n) is 4.77. The molecular formula is C15H10F3N5O. The van der Waals surface area contributed by atoms with Crippen molar-refractivity contribution in [1.82, 2.24) is 20.0 Å². The van der Waals surface area contributed by atoms with Gasteiger partial charge in [0.05, 0.1) is 11.8 Å². The van der Waals surface area contributed by atoms with Crippen LogP contribution < -0.4 is 5.32 Å². The van der Waals surface area contributed by atoms with Crippen LogP contribution in [0.2, 0.25) is 0 Å². The topological polar surface area (TPSA) is 72.7 Å². The zero-order chi connectivity index (χ0) is 17.2. The lowest BCUT2D eigenvalue weighted by atomic mass is 10.3. The average Bonchev–Trinajstić information content (AvgIpc) is 3.05. The van der Waals surface area contributed by atoms with Crippen molar-refractivity contribution >= 4 is 11.6 Å². The number of amides is 1. The number of halogens is 3. The fourth-order valence-corrected chi connectivity index (χ4v) is 1.89. The van der Waals surface area contributed by atoms with Crippen molar-refractivity contribution < 1.29 is 18.0 Å². The predicted octanol–water partition coefficient (Wildman–Crippen LogP) is 2.93. The monoisotopic (exact) mass is 333 g/mol. The number of carbonyl (C=O) groups is 1. The first kappa shape index (κ1) is 15.7. The summed E-state index contributed by atoms with van der Waals surface area (Å²) in [5.74, 6) is -0.367. The number of hydrogen-bond donors (Lipinski definition) is 1. The second-order valence-corrected chi connectivity index (χ2v) is 4.77. The molecular weight excluding hydrogens is 323 g/mol. The summed E-state index contributed by atoms with van der Waals surface area (Å²) in [6.07, 6.45) is -2.48. The standard InChI is InChI=1S/C15H10F3N5O/c16-15(17,18)10-6-7-13(19-8-10)23-9-12(21-22-23)14(24)20-11-4-2-1-3-5-11/h1-9H,(H,20,24). The van der Waals surface area contributed by atoms with E-state index in [1.807, 2.05) is 6.07 Å². The van der Waals surface area contributed by atoms with E-state index in [0.717, 1.165) is 16.8 Å². The van der Waals surface area contributed by atoms with Gasteiger partial charge in [-0.2, -0.15) is 13.2 Å². The van der Waals surface area contributed by atoms with Crippen LogP contribution in [0.3, 0.4) is 0 Å². The van der Waals surface area contributed by atoms with Crippen molar-refractivity contribution in [3.8, 4) is 5.82 Å². The molecule has 0 atom stereocenters. The molecule has 122 valence electrons. The first-order valence-electron chi connectivity index (χ1n) is 6.76. The Balaban J connectivity index is 1.77. The summed E-state index contributed by atoms with van der Waals surface area (Å²) in [5, 5.41) is 10.0. The highest BCUT2D eigenvalue weighted by atomic mass is 19.4. The van der Waals surface area contributed by atoms with Gasteiger partial charge in [0, 0.05) is 11.9 Å². The van der Waals surface area contributed by atoms with Gasteiger partial charge in [-0.25, -0.2) is 9.67 Å². The molecule has 24 heavy (non-hydrogen) atoms. The van der Waals surface area contributed by atoms with Crippen LogP contribution in [0.5, 0.6) is 0 Å². The smallest absolute Gasteiger partial charge is 0.321 e. The van der Waals surface area contributed by atoms with Gasteiger partial charge in [0.25, 0.3) is 5.91 Å². The number of nitrogens with zero attached hydrogens (tertiary/aromatic N) is 4. The minimum absolute atomic E-state index is 0.0144. The van der Waals surface area contributed by atoms with E-state index in [9.17, 15) is 18.0 Å². The van der Waals surface area contributed by atoms with Crippen LogP contribution >= 0.6 is 0 Å². The number of anilines is 1. The lowest BCUT2D eigenvalue weighted by molar-refractivity contribution is -0.137. The van der Waals surface area contributed by atoms with E-state index in [-0.39, 0.29) is 11.5 Å². The first-order valence-corrected chi connectivity index (χ1v) is 6.76. The van der Waals surface area contributed by atoms with Crippen LogP contribution in [0.4, 0.5) is 18.9 Å². The van der Waals surface area contributed by atoms with E-state index in [0.29, 0.717) is 11.9 Å². The fourth-order valence-electron chi connectivity index (χ4n) is 1.89. The fraction of sp³-hybridized carbons (Fsp3) is 0.0667. The van der Waals surface area contributed by atoms with Crippen LogP contribution in [0.1, 0.15) is 16.1 Å². The van der Waals surface area contributed by atoms with Crippen LogP contribution in [-0.4, -0.2) is 25.9 Å². The molecule has 0 saturated heterocycles. The number of carbonyl (C=O) groups excluding carboxylic acids is 1. The van der Waals surface area contributed by atoms with E-state index in [2.05, 4.69) is 20.6 Å². The summed E-state index contributed by atoms with van der Waals surface area (Å²) in [6.45, 7) is 0. The molecule has 0 bridgehead atoms. The van der Waals surface area contributed by atoms with Crippen LogP contribution in [0.15, 0.2) is 54.9 Å². The molecule has 1 amide bonds. The molecule has 6 nitrogen and oxygen atoms in total. The Hall–Kier alpha value is -3.23. The number of hydrogen-bond acceptors (Lipinski definition) is 4. The zero-order valence-corrected chi connectivity index (χ0v) is 12.0. The molecule has 0 spiro atoms. The predicted molar refractivity (Wildman–Crippen MR) is 78.6 cm³/mol. The minimum Gasteiger partial charge on any atom is -0.321 e. The maximum Gasteiger partial charge on any atom is 0.417 e. The van der Waals surface area contributed by atoms with Crippen molar-refractivity contribution in [2.75, 3.05) is 5.32 Å². The van der Waals surface area contributed by atoms with Crippen molar-refractivity contribution in [3.63, 3.8) is 0 Å². The number of pyridine rings is 1. The van der Waals surface area contributed by atoms with Crippen LogP contribution in [-0.2, 0) is 6.18 Å². The van der Waals surface area contributed by atoms with Crippen molar-refractivity contribution in [3.05, 3.63) is 66.1 Å². The second kappa shape index (κ2) is 6.11. The summed E-state index contributed by atoms with van der Waals surface area (Å²) in [7, 11) is 0. The van der Waals surface area contributed by atoms with Crippen LogP contribution in [0, 0.1) is 0 Å². The number of rotatable bonds is 3. The minimum atomic E-state index is -4.46. The molecule has 0 fully saturated rings. The van der Waals surface area contributed by atoms with Gasteiger partial charge in [-0.1, -0.05) is 23.4 Å². The molecule has 9 heteroatoms. The summed E-state index contributed by atoms with van der Waals surface area (Å²) in [4.78, 5) is 15.7. The number of nitrogens with one attached hydrogen (secondary N) is 1. The lowest BCUT2D eigenvalue weighted by Gasteiger charge is -2.06.